The number of carbonyl (C=O) groups excluding carboxylic acids is 2. The second kappa shape index (κ2) is 12.8. The molecule has 0 amide bonds. The van der Waals surface area contributed by atoms with Crippen LogP contribution in [0.2, 0.25) is 0 Å². The van der Waals surface area contributed by atoms with Crippen molar-refractivity contribution in [3.05, 3.63) is 59.2 Å². The maximum Gasteiger partial charge on any atom is 0.417 e. The van der Waals surface area contributed by atoms with Crippen molar-refractivity contribution < 1.29 is 52.8 Å². The fraction of sp³-hybridized carbons (Fsp3) is 0.385. The fourth-order valence-electron chi connectivity index (χ4n) is 3.95. The van der Waals surface area contributed by atoms with E-state index in [1.54, 1.807) is 0 Å². The van der Waals surface area contributed by atoms with Crippen LogP contribution in [0, 0.1) is 0 Å². The molecule has 4 heterocycles. The van der Waals surface area contributed by atoms with Crippen molar-refractivity contribution in [2.45, 2.75) is 61.3 Å². The summed E-state index contributed by atoms with van der Waals surface area (Å²) in [7, 11) is -7.88. The van der Waals surface area contributed by atoms with Gasteiger partial charge in [-0.05, 0) is 31.2 Å². The highest BCUT2D eigenvalue weighted by atomic mass is 79.9. The van der Waals surface area contributed by atoms with Crippen molar-refractivity contribution in [3.63, 3.8) is 0 Å². The highest BCUT2D eigenvalue weighted by Crippen LogP contribution is 2.32. The molecule has 0 N–H and O–H groups in total. The van der Waals surface area contributed by atoms with Gasteiger partial charge < -0.3 is 0 Å². The van der Waals surface area contributed by atoms with Crippen LogP contribution < -0.4 is 0 Å². The van der Waals surface area contributed by atoms with Crippen molar-refractivity contribution in [1.82, 2.24) is 18.8 Å². The van der Waals surface area contributed by atoms with Gasteiger partial charge in [0, 0.05) is 18.8 Å². The lowest BCUT2D eigenvalue weighted by atomic mass is 10.2. The summed E-state index contributed by atoms with van der Waals surface area (Å²) in [4.78, 5) is 31.1. The Kier molecular flexibility index (Phi) is 10.3. The minimum atomic E-state index is -4.64. The smallest absolute Gasteiger partial charge is 0.292 e. The molecule has 0 saturated carbocycles. The predicted molar refractivity (Wildman–Crippen MR) is 153 cm³/mol. The van der Waals surface area contributed by atoms with E-state index in [2.05, 4.69) is 25.9 Å². The number of fused-ring (bicyclic) bond motifs is 2. The molecule has 45 heavy (non-hydrogen) atoms. The third-order valence-corrected chi connectivity index (χ3v) is 10.2. The van der Waals surface area contributed by atoms with Crippen LogP contribution in [0.25, 0.3) is 11.3 Å². The van der Waals surface area contributed by atoms with Crippen LogP contribution in [-0.4, -0.2) is 63.5 Å². The summed E-state index contributed by atoms with van der Waals surface area (Å²) < 4.78 is 128. The first kappa shape index (κ1) is 36.2. The quantitative estimate of drug-likeness (QED) is 0.124. The van der Waals surface area contributed by atoms with Crippen molar-refractivity contribution in [3.8, 4) is 0 Å². The molecule has 1 unspecified atom stereocenters. The van der Waals surface area contributed by atoms with Gasteiger partial charge >= 0.3 is 12.4 Å². The van der Waals surface area contributed by atoms with Crippen molar-refractivity contribution in [1.29, 1.82) is 0 Å². The molecule has 0 aliphatic carbocycles. The first-order chi connectivity index (χ1) is 20.6. The van der Waals surface area contributed by atoms with Gasteiger partial charge in [0.25, 0.3) is 0 Å². The van der Waals surface area contributed by atoms with E-state index in [0.717, 1.165) is 33.1 Å². The Balaban J connectivity index is 0.000000246. The van der Waals surface area contributed by atoms with E-state index < -0.39 is 69.6 Å². The largest absolute Gasteiger partial charge is 0.417 e. The summed E-state index contributed by atoms with van der Waals surface area (Å²) in [6.45, 7) is 5.70. The topological polar surface area (TPSA) is 137 Å². The Bertz CT molecular complexity index is 2000. The lowest BCUT2D eigenvalue weighted by molar-refractivity contribution is -0.138. The molecular weight excluding hydrogens is 722 g/mol. The lowest BCUT2D eigenvalue weighted by Crippen LogP contribution is -2.17. The number of ketones is 2. The summed E-state index contributed by atoms with van der Waals surface area (Å²) in [5.74, 6) is -1.87. The van der Waals surface area contributed by atoms with Gasteiger partial charge in [-0.1, -0.05) is 36.7 Å². The number of rotatable bonds is 8. The maximum absolute atomic E-state index is 12.9. The molecule has 19 heteroatoms. The average Bonchev–Trinajstić information content (AvgIpc) is 3.54. The molecule has 0 saturated heterocycles. The van der Waals surface area contributed by atoms with Crippen molar-refractivity contribution >= 4 is 58.5 Å². The molecule has 0 aliphatic heterocycles. The molecular formula is C26H25BrF6N4O6S2. The number of nitrogens with zero attached hydrogens (tertiary/aromatic N) is 4. The molecule has 0 spiro atoms. The number of alkyl halides is 7. The third kappa shape index (κ3) is 7.40. The molecule has 1 atom stereocenters. The first-order valence-electron chi connectivity index (χ1n) is 13.0. The summed E-state index contributed by atoms with van der Waals surface area (Å²) >= 11 is 3.03. The predicted octanol–water partition coefficient (Wildman–Crippen LogP) is 5.85. The number of imidazole rings is 2. The molecule has 0 aromatic carbocycles. The van der Waals surface area contributed by atoms with E-state index in [1.165, 1.54) is 27.7 Å². The van der Waals surface area contributed by atoms with E-state index in [0.29, 0.717) is 12.4 Å². The number of hydrogen-bond donors (Lipinski definition) is 0. The van der Waals surface area contributed by atoms with Crippen LogP contribution in [0.1, 0.15) is 66.2 Å². The van der Waals surface area contributed by atoms with Gasteiger partial charge in [0.2, 0.25) is 0 Å². The van der Waals surface area contributed by atoms with Crippen LogP contribution in [0.3, 0.4) is 0 Å². The molecule has 4 aromatic heterocycles. The molecule has 4 aromatic rings. The number of sulfone groups is 2. The van der Waals surface area contributed by atoms with Gasteiger partial charge in [-0.2, -0.15) is 26.3 Å². The molecule has 0 bridgehead atoms. The highest BCUT2D eigenvalue weighted by Gasteiger charge is 2.35. The molecule has 10 nitrogen and oxygen atoms in total. The molecule has 4 rings (SSSR count). The number of pyridine rings is 2. The molecule has 0 fully saturated rings. The number of Topliss-reactive ketones (excluding diaryl/α,β-unsaturated/α-hetero) is 2. The van der Waals surface area contributed by atoms with E-state index in [-0.39, 0.29) is 40.6 Å². The zero-order chi connectivity index (χ0) is 34.3. The fourth-order valence-corrected chi connectivity index (χ4v) is 6.50. The van der Waals surface area contributed by atoms with Gasteiger partial charge in [-0.25, -0.2) is 26.8 Å². The van der Waals surface area contributed by atoms with Crippen molar-refractivity contribution in [2.24, 2.45) is 0 Å². The van der Waals surface area contributed by atoms with Crippen LogP contribution in [0.15, 0.2) is 46.7 Å². The zero-order valence-electron chi connectivity index (χ0n) is 23.9. The summed E-state index contributed by atoms with van der Waals surface area (Å²) in [6, 6.07) is 3.67. The molecule has 246 valence electrons. The minimum Gasteiger partial charge on any atom is -0.292 e. The Morgan fingerprint density at radius 1 is 0.756 bits per heavy atom. The Labute approximate surface area is 261 Å². The second-order valence-corrected chi connectivity index (χ2v) is 15.1. The van der Waals surface area contributed by atoms with Gasteiger partial charge in [-0.15, -0.1) is 0 Å². The van der Waals surface area contributed by atoms with E-state index in [1.807, 2.05) is 0 Å². The summed E-state index contributed by atoms with van der Waals surface area (Å²) in [5.41, 5.74) is -2.78. The summed E-state index contributed by atoms with van der Waals surface area (Å²) in [6.07, 6.45) is -7.97. The normalized spacial score (nSPS) is 13.5. The van der Waals surface area contributed by atoms with E-state index in [9.17, 15) is 52.8 Å². The summed E-state index contributed by atoms with van der Waals surface area (Å²) in [5, 5.41) is -1.000. The van der Waals surface area contributed by atoms with Crippen molar-refractivity contribution in [2.75, 3.05) is 11.5 Å². The van der Waals surface area contributed by atoms with E-state index >= 15 is 0 Å². The van der Waals surface area contributed by atoms with Crippen LogP contribution in [-0.2, 0) is 32.0 Å². The highest BCUT2D eigenvalue weighted by molar-refractivity contribution is 9.10. The monoisotopic (exact) mass is 746 g/mol. The lowest BCUT2D eigenvalue weighted by Gasteiger charge is -2.09. The van der Waals surface area contributed by atoms with Gasteiger partial charge in [-0.3, -0.25) is 18.4 Å². The Hall–Kier alpha value is -3.32. The van der Waals surface area contributed by atoms with Crippen LogP contribution in [0.4, 0.5) is 26.3 Å². The average molecular weight is 748 g/mol. The van der Waals surface area contributed by atoms with Gasteiger partial charge in [0.1, 0.15) is 22.7 Å². The van der Waals surface area contributed by atoms with Gasteiger partial charge in [0.15, 0.2) is 41.3 Å². The first-order valence-corrected chi connectivity index (χ1v) is 17.2. The van der Waals surface area contributed by atoms with E-state index in [4.69, 9.17) is 0 Å². The third-order valence-electron chi connectivity index (χ3n) is 6.33. The number of halogens is 7. The van der Waals surface area contributed by atoms with Crippen LogP contribution in [0.5, 0.6) is 0 Å². The standard InChI is InChI=1S/C13H12BrF3N2O3S.C13H13F3N2O3S/c1-3-23(21,22)12-10(11(20)7(2)14)18-9-5-4-8(6-19(9)12)13(15,16)17;1-3-9(19)11-12(22(20,21)4-2)18-7-8(13(14,15)16)5-6-10(18)17-11/h4-7H,3H2,1-2H3;5-7H,3-4H2,1-2H3. The zero-order valence-corrected chi connectivity index (χ0v) is 27.1. The van der Waals surface area contributed by atoms with Crippen LogP contribution >= 0.6 is 15.9 Å². The number of hydrogen-bond acceptors (Lipinski definition) is 8. The molecule has 0 aliphatic rings. The minimum absolute atomic E-state index is 0.00223. The second-order valence-electron chi connectivity index (χ2n) is 9.38. The number of carbonyl (C=O) groups is 2. The maximum atomic E-state index is 12.9. The Morgan fingerprint density at radius 2 is 1.13 bits per heavy atom. The SMILES string of the molecule is CCC(=O)c1nc2ccc(C(F)(F)F)cn2c1S(=O)(=O)CC.CCS(=O)(=O)c1c(C(=O)C(C)Br)nc2ccc(C(F)(F)F)cn12. The molecule has 0 radical (unpaired) electrons. The van der Waals surface area contributed by atoms with Gasteiger partial charge in [0.05, 0.1) is 27.5 Å². The number of aromatic nitrogens is 4. The Morgan fingerprint density at radius 3 is 1.47 bits per heavy atom.